The number of hydrogen-bond donors (Lipinski definition) is 1. The van der Waals surface area contributed by atoms with E-state index in [-0.39, 0.29) is 6.61 Å². The number of aliphatic hydroxyl groups is 1. The van der Waals surface area contributed by atoms with E-state index in [4.69, 9.17) is 33.5 Å². The van der Waals surface area contributed by atoms with E-state index < -0.39 is 0 Å². The van der Waals surface area contributed by atoms with Gasteiger partial charge < -0.3 is 33.5 Å². The van der Waals surface area contributed by atoms with Crippen molar-refractivity contribution in [2.45, 2.75) is 51.4 Å². The van der Waals surface area contributed by atoms with Crippen LogP contribution in [0.4, 0.5) is 0 Å². The molecule has 0 atom stereocenters. The first kappa shape index (κ1) is 29.5. The Morgan fingerprint density at radius 2 is 0.767 bits per heavy atom. The van der Waals surface area contributed by atoms with Crippen LogP contribution in [0.5, 0.6) is 0 Å². The zero-order valence-electron chi connectivity index (χ0n) is 19.0. The second-order valence-corrected chi connectivity index (χ2v) is 6.95. The lowest BCUT2D eigenvalue weighted by molar-refractivity contribution is -0.0182. The van der Waals surface area contributed by atoms with Gasteiger partial charge in [-0.15, -0.1) is 6.58 Å². The highest BCUT2D eigenvalue weighted by Gasteiger charge is 1.95. The highest BCUT2D eigenvalue weighted by atomic mass is 16.6. The Balaban J connectivity index is 2.98. The summed E-state index contributed by atoms with van der Waals surface area (Å²) in [5.74, 6) is 0. The molecular formula is C23H46O7. The van der Waals surface area contributed by atoms with E-state index >= 15 is 0 Å². The first-order valence-corrected chi connectivity index (χ1v) is 11.6. The Kier molecular flexibility index (Phi) is 27.9. The smallest absolute Gasteiger partial charge is 0.0701 e. The van der Waals surface area contributed by atoms with Crippen LogP contribution in [0.2, 0.25) is 0 Å². The fraction of sp³-hybridized carbons (Fsp3) is 0.913. The minimum Gasteiger partial charge on any atom is -0.394 e. The topological polar surface area (TPSA) is 75.6 Å². The van der Waals surface area contributed by atoms with Gasteiger partial charge in [-0.25, -0.2) is 0 Å². The molecule has 0 bridgehead atoms. The van der Waals surface area contributed by atoms with Crippen molar-refractivity contribution in [3.05, 3.63) is 12.7 Å². The summed E-state index contributed by atoms with van der Waals surface area (Å²) < 4.78 is 32.3. The van der Waals surface area contributed by atoms with Crippen LogP contribution in [0, 0.1) is 0 Å². The molecule has 0 radical (unpaired) electrons. The van der Waals surface area contributed by atoms with Crippen LogP contribution in [0.3, 0.4) is 0 Å². The van der Waals surface area contributed by atoms with Gasteiger partial charge in [-0.1, -0.05) is 38.2 Å². The summed E-state index contributed by atoms with van der Waals surface area (Å²) in [6, 6.07) is 0. The monoisotopic (exact) mass is 434 g/mol. The van der Waals surface area contributed by atoms with Crippen LogP contribution >= 0.6 is 0 Å². The number of hydrogen-bond acceptors (Lipinski definition) is 7. The molecule has 0 spiro atoms. The van der Waals surface area contributed by atoms with Crippen molar-refractivity contribution >= 4 is 0 Å². The summed E-state index contributed by atoms with van der Waals surface area (Å²) in [6.07, 6.45) is 12.1. The molecule has 7 nitrogen and oxygen atoms in total. The van der Waals surface area contributed by atoms with Gasteiger partial charge in [0.15, 0.2) is 0 Å². The summed E-state index contributed by atoms with van der Waals surface area (Å²) in [6.45, 7) is 10.5. The van der Waals surface area contributed by atoms with Crippen molar-refractivity contribution in [2.75, 3.05) is 85.9 Å². The third-order valence-corrected chi connectivity index (χ3v) is 4.29. The molecule has 0 amide bonds. The zero-order chi connectivity index (χ0) is 21.8. The van der Waals surface area contributed by atoms with Gasteiger partial charge in [0.05, 0.1) is 79.3 Å². The van der Waals surface area contributed by atoms with Crippen molar-refractivity contribution in [3.63, 3.8) is 0 Å². The molecule has 0 unspecified atom stereocenters. The SMILES string of the molecule is C=CCCCCCCCCCOCCOCCOCCOCCOCCOCCO. The number of aliphatic hydroxyl groups excluding tert-OH is 1. The van der Waals surface area contributed by atoms with Gasteiger partial charge in [0.2, 0.25) is 0 Å². The third kappa shape index (κ3) is 27.5. The predicted molar refractivity (Wildman–Crippen MR) is 119 cm³/mol. The highest BCUT2D eigenvalue weighted by Crippen LogP contribution is 2.08. The molecule has 0 saturated carbocycles. The first-order valence-electron chi connectivity index (χ1n) is 11.6. The van der Waals surface area contributed by atoms with Crippen molar-refractivity contribution in [3.8, 4) is 0 Å². The Hall–Kier alpha value is -0.540. The number of allylic oxidation sites excluding steroid dienone is 1. The molecule has 0 rings (SSSR count). The van der Waals surface area contributed by atoms with Crippen LogP contribution in [0.15, 0.2) is 12.7 Å². The molecule has 30 heavy (non-hydrogen) atoms. The Bertz CT molecular complexity index is 316. The summed E-state index contributed by atoms with van der Waals surface area (Å²) in [5.41, 5.74) is 0. The van der Waals surface area contributed by atoms with Crippen LogP contribution in [-0.4, -0.2) is 91.0 Å². The van der Waals surface area contributed by atoms with Crippen molar-refractivity contribution in [2.24, 2.45) is 0 Å². The molecule has 0 heterocycles. The normalized spacial score (nSPS) is 11.2. The number of ether oxygens (including phenoxy) is 6. The average Bonchev–Trinajstić information content (AvgIpc) is 2.76. The predicted octanol–water partition coefficient (Wildman–Crippen LogP) is 3.39. The summed E-state index contributed by atoms with van der Waals surface area (Å²) in [5, 5.41) is 8.54. The van der Waals surface area contributed by atoms with E-state index in [1.54, 1.807) is 0 Å². The molecule has 0 aromatic heterocycles. The zero-order valence-corrected chi connectivity index (χ0v) is 19.0. The maximum absolute atomic E-state index is 8.54. The van der Waals surface area contributed by atoms with Crippen LogP contribution in [-0.2, 0) is 28.4 Å². The molecule has 1 N–H and O–H groups in total. The maximum atomic E-state index is 8.54. The van der Waals surface area contributed by atoms with Gasteiger partial charge in [-0.2, -0.15) is 0 Å². The number of unbranched alkanes of at least 4 members (excludes halogenated alkanes) is 7. The van der Waals surface area contributed by atoms with Crippen LogP contribution in [0.1, 0.15) is 51.4 Å². The van der Waals surface area contributed by atoms with Crippen LogP contribution in [0.25, 0.3) is 0 Å². The lowest BCUT2D eigenvalue weighted by Gasteiger charge is -2.08. The fourth-order valence-corrected chi connectivity index (χ4v) is 2.64. The van der Waals surface area contributed by atoms with Gasteiger partial charge in [-0.3, -0.25) is 0 Å². The molecule has 0 saturated heterocycles. The standard InChI is InChI=1S/C23H46O7/c1-2-3-4-5-6-7-8-9-10-12-25-14-16-27-18-20-29-22-23-30-21-19-28-17-15-26-13-11-24/h2,24H,1,3-23H2. The maximum Gasteiger partial charge on any atom is 0.0701 e. The molecule has 0 aliphatic rings. The Morgan fingerprint density at radius 3 is 1.17 bits per heavy atom. The third-order valence-electron chi connectivity index (χ3n) is 4.29. The fourth-order valence-electron chi connectivity index (χ4n) is 2.64. The highest BCUT2D eigenvalue weighted by molar-refractivity contribution is 4.65. The van der Waals surface area contributed by atoms with E-state index in [1.807, 2.05) is 6.08 Å². The first-order chi connectivity index (χ1) is 14.9. The summed E-state index contributed by atoms with van der Waals surface area (Å²) >= 11 is 0. The molecular weight excluding hydrogens is 388 g/mol. The van der Waals surface area contributed by atoms with Crippen molar-refractivity contribution in [1.29, 1.82) is 0 Å². The molecule has 0 aromatic rings. The average molecular weight is 435 g/mol. The molecule has 0 fully saturated rings. The minimum atomic E-state index is 0.0412. The quantitative estimate of drug-likeness (QED) is 0.157. The largest absolute Gasteiger partial charge is 0.394 e. The molecule has 180 valence electrons. The second-order valence-electron chi connectivity index (χ2n) is 6.95. The second kappa shape index (κ2) is 28.5. The molecule has 0 aliphatic carbocycles. The minimum absolute atomic E-state index is 0.0412. The van der Waals surface area contributed by atoms with E-state index in [0.717, 1.165) is 19.4 Å². The summed E-state index contributed by atoms with van der Waals surface area (Å²) in [7, 11) is 0. The lowest BCUT2D eigenvalue weighted by Crippen LogP contribution is -2.14. The number of rotatable bonds is 27. The van der Waals surface area contributed by atoms with Gasteiger partial charge in [-0.05, 0) is 19.3 Å². The lowest BCUT2D eigenvalue weighted by atomic mass is 10.1. The van der Waals surface area contributed by atoms with Gasteiger partial charge in [0.25, 0.3) is 0 Å². The van der Waals surface area contributed by atoms with Crippen molar-refractivity contribution < 1.29 is 33.5 Å². The van der Waals surface area contributed by atoms with E-state index in [2.05, 4.69) is 6.58 Å². The van der Waals surface area contributed by atoms with Gasteiger partial charge in [0, 0.05) is 6.61 Å². The molecule has 7 heteroatoms. The van der Waals surface area contributed by atoms with Gasteiger partial charge >= 0.3 is 0 Å². The Morgan fingerprint density at radius 1 is 0.433 bits per heavy atom. The van der Waals surface area contributed by atoms with E-state index in [0.29, 0.717) is 72.7 Å². The summed E-state index contributed by atoms with van der Waals surface area (Å²) in [4.78, 5) is 0. The van der Waals surface area contributed by atoms with Gasteiger partial charge in [0.1, 0.15) is 0 Å². The molecule has 0 aliphatic heterocycles. The van der Waals surface area contributed by atoms with E-state index in [1.165, 1.54) is 38.5 Å². The van der Waals surface area contributed by atoms with E-state index in [9.17, 15) is 0 Å². The van der Waals surface area contributed by atoms with Crippen LogP contribution < -0.4 is 0 Å². The molecule has 0 aromatic carbocycles. The van der Waals surface area contributed by atoms with Crippen molar-refractivity contribution in [1.82, 2.24) is 0 Å². The Labute approximate surface area is 184 Å².